The fourth-order valence-corrected chi connectivity index (χ4v) is 3.21. The van der Waals surface area contributed by atoms with E-state index in [9.17, 15) is 9.59 Å². The van der Waals surface area contributed by atoms with Crippen LogP contribution in [-0.4, -0.2) is 41.4 Å². The molecule has 4 aromatic rings. The Morgan fingerprint density at radius 1 is 0.800 bits per heavy atom. The number of aromatic amines is 1. The molecule has 0 saturated heterocycles. The van der Waals surface area contributed by atoms with Crippen molar-refractivity contribution in [2.24, 2.45) is 0 Å². The van der Waals surface area contributed by atoms with Gasteiger partial charge in [0.2, 0.25) is 0 Å². The highest BCUT2D eigenvalue weighted by molar-refractivity contribution is 6.08. The zero-order valence-electron chi connectivity index (χ0n) is 16.7. The average molecular weight is 407 g/mol. The lowest BCUT2D eigenvalue weighted by Gasteiger charge is -2.07. The van der Waals surface area contributed by atoms with Gasteiger partial charge in [-0.05, 0) is 42.8 Å². The number of H-pyrrole nitrogens is 1. The van der Waals surface area contributed by atoms with E-state index in [1.54, 1.807) is 21.1 Å². The molecule has 4 rings (SSSR count). The fourth-order valence-electron chi connectivity index (χ4n) is 3.21. The van der Waals surface area contributed by atoms with Crippen LogP contribution in [0.4, 0.5) is 0 Å². The van der Waals surface area contributed by atoms with Crippen molar-refractivity contribution in [1.29, 1.82) is 0 Å². The second kappa shape index (κ2) is 8.57. The summed E-state index contributed by atoms with van der Waals surface area (Å²) in [6, 6.07) is 16.1. The first-order chi connectivity index (χ1) is 14.3. The largest absolute Gasteiger partial charge is 0.493 e. The number of carboxylic acids is 2. The number of aromatic carboxylic acids is 2. The number of hydrogen-bond donors (Lipinski definition) is 3. The summed E-state index contributed by atoms with van der Waals surface area (Å²) in [5.41, 5.74) is 2.86. The number of nitrogens with one attached hydrogen (secondary N) is 1. The van der Waals surface area contributed by atoms with Crippen molar-refractivity contribution in [3.63, 3.8) is 0 Å². The Bertz CT molecular complexity index is 1240. The Hall–Kier alpha value is -4.00. The summed E-state index contributed by atoms with van der Waals surface area (Å²) in [7, 11) is 3.30. The van der Waals surface area contributed by atoms with E-state index in [4.69, 9.17) is 19.7 Å². The number of methoxy groups -OCH3 is 2. The van der Waals surface area contributed by atoms with Crippen molar-refractivity contribution in [3.05, 3.63) is 71.3 Å². The molecule has 3 N–H and O–H groups in total. The summed E-state index contributed by atoms with van der Waals surface area (Å²) in [6.45, 7) is 1.57. The van der Waals surface area contributed by atoms with Gasteiger partial charge in [0.1, 0.15) is 0 Å². The predicted molar refractivity (Wildman–Crippen MR) is 114 cm³/mol. The number of aromatic nitrogens is 1. The maximum atomic E-state index is 10.6. The molecule has 154 valence electrons. The number of carboxylic acid groups (broad SMARTS) is 2. The van der Waals surface area contributed by atoms with Gasteiger partial charge in [0.15, 0.2) is 11.5 Å². The molecule has 0 spiro atoms. The zero-order valence-corrected chi connectivity index (χ0v) is 16.7. The van der Waals surface area contributed by atoms with Crippen LogP contribution in [0.1, 0.15) is 26.3 Å². The third kappa shape index (κ3) is 4.05. The van der Waals surface area contributed by atoms with Crippen LogP contribution in [0.2, 0.25) is 0 Å². The van der Waals surface area contributed by atoms with Crippen LogP contribution < -0.4 is 9.47 Å². The second-order valence-electron chi connectivity index (χ2n) is 6.56. The molecular formula is C23H21NO6. The first-order valence-electron chi connectivity index (χ1n) is 9.05. The van der Waals surface area contributed by atoms with Gasteiger partial charge >= 0.3 is 11.9 Å². The van der Waals surface area contributed by atoms with Crippen molar-refractivity contribution in [3.8, 4) is 11.5 Å². The maximum Gasteiger partial charge on any atom is 0.335 e. The van der Waals surface area contributed by atoms with Crippen molar-refractivity contribution >= 4 is 33.7 Å². The average Bonchev–Trinajstić information content (AvgIpc) is 3.10. The van der Waals surface area contributed by atoms with E-state index in [2.05, 4.69) is 17.1 Å². The highest BCUT2D eigenvalue weighted by Crippen LogP contribution is 2.35. The van der Waals surface area contributed by atoms with Gasteiger partial charge in [-0.2, -0.15) is 0 Å². The van der Waals surface area contributed by atoms with Gasteiger partial charge in [-0.3, -0.25) is 0 Å². The Labute approximate surface area is 172 Å². The Balaban J connectivity index is 0.000000178. The molecule has 0 radical (unpaired) electrons. The van der Waals surface area contributed by atoms with Crippen LogP contribution in [0, 0.1) is 6.92 Å². The maximum absolute atomic E-state index is 10.6. The number of carbonyl (C=O) groups is 2. The van der Waals surface area contributed by atoms with Gasteiger partial charge in [-0.25, -0.2) is 9.59 Å². The van der Waals surface area contributed by atoms with Gasteiger partial charge in [0, 0.05) is 22.4 Å². The van der Waals surface area contributed by atoms with Gasteiger partial charge in [0.05, 0.1) is 30.9 Å². The first kappa shape index (κ1) is 20.7. The van der Waals surface area contributed by atoms with E-state index in [1.165, 1.54) is 23.6 Å². The molecular weight excluding hydrogens is 386 g/mol. The molecule has 3 aromatic carbocycles. The highest BCUT2D eigenvalue weighted by Gasteiger charge is 2.10. The molecule has 7 heteroatoms. The molecule has 0 bridgehead atoms. The minimum atomic E-state index is -1.06. The third-order valence-electron chi connectivity index (χ3n) is 4.71. The molecule has 1 heterocycles. The van der Waals surface area contributed by atoms with E-state index < -0.39 is 11.9 Å². The summed E-state index contributed by atoms with van der Waals surface area (Å²) in [5.74, 6) is -0.606. The van der Waals surface area contributed by atoms with Crippen molar-refractivity contribution in [2.45, 2.75) is 6.92 Å². The quantitative estimate of drug-likeness (QED) is 0.451. The van der Waals surface area contributed by atoms with Crippen molar-refractivity contribution < 1.29 is 29.3 Å². The standard InChI is InChI=1S/C14H13NO2.C9H8O4/c1-16-13-7-10-9-5-3-4-6-11(9)15-12(10)8-14(13)17-2;1-5-4-6(8(10)11)2-3-7(5)9(12)13/h3-8,15H,1-2H3;2-4H,1H3,(H,10,11)(H,12,13). The lowest BCUT2D eigenvalue weighted by molar-refractivity contribution is 0.0680. The number of benzene rings is 3. The van der Waals surface area contributed by atoms with Crippen molar-refractivity contribution in [1.82, 2.24) is 4.98 Å². The molecule has 0 aliphatic heterocycles. The van der Waals surface area contributed by atoms with E-state index in [0.29, 0.717) is 5.56 Å². The van der Waals surface area contributed by atoms with Gasteiger partial charge in [0.25, 0.3) is 0 Å². The first-order valence-corrected chi connectivity index (χ1v) is 9.05. The molecule has 7 nitrogen and oxygen atoms in total. The molecule has 0 aliphatic carbocycles. The molecule has 0 unspecified atom stereocenters. The van der Waals surface area contributed by atoms with E-state index in [0.717, 1.165) is 27.9 Å². The van der Waals surface area contributed by atoms with Crippen LogP contribution in [-0.2, 0) is 0 Å². The smallest absolute Gasteiger partial charge is 0.335 e. The number of fused-ring (bicyclic) bond motifs is 3. The number of ether oxygens (including phenoxy) is 2. The highest BCUT2D eigenvalue weighted by atomic mass is 16.5. The van der Waals surface area contributed by atoms with E-state index >= 15 is 0 Å². The van der Waals surface area contributed by atoms with Crippen LogP contribution in [0.15, 0.2) is 54.6 Å². The third-order valence-corrected chi connectivity index (χ3v) is 4.71. The lowest BCUT2D eigenvalue weighted by atomic mass is 10.1. The molecule has 0 aliphatic rings. The van der Waals surface area contributed by atoms with Gasteiger partial charge in [-0.15, -0.1) is 0 Å². The number of aryl methyl sites for hydroxylation is 1. The molecule has 0 saturated carbocycles. The van der Waals surface area contributed by atoms with Crippen molar-refractivity contribution in [2.75, 3.05) is 14.2 Å². The Morgan fingerprint density at radius 3 is 2.07 bits per heavy atom. The summed E-state index contributed by atoms with van der Waals surface area (Å²) >= 11 is 0. The van der Waals surface area contributed by atoms with Crippen LogP contribution in [0.25, 0.3) is 21.8 Å². The summed E-state index contributed by atoms with van der Waals surface area (Å²) in [4.78, 5) is 24.4. The molecule has 30 heavy (non-hydrogen) atoms. The van der Waals surface area contributed by atoms with Crippen LogP contribution >= 0.6 is 0 Å². The lowest BCUT2D eigenvalue weighted by Crippen LogP contribution is -2.03. The van der Waals surface area contributed by atoms with Crippen LogP contribution in [0.3, 0.4) is 0 Å². The number of para-hydroxylation sites is 1. The summed E-state index contributed by atoms with van der Waals surface area (Å²) in [6.07, 6.45) is 0. The summed E-state index contributed by atoms with van der Waals surface area (Å²) < 4.78 is 10.6. The molecule has 0 amide bonds. The Morgan fingerprint density at radius 2 is 1.47 bits per heavy atom. The van der Waals surface area contributed by atoms with E-state index in [1.807, 2.05) is 24.3 Å². The molecule has 0 fully saturated rings. The minimum Gasteiger partial charge on any atom is -0.493 e. The zero-order chi connectivity index (χ0) is 21.8. The Kier molecular flexibility index (Phi) is 5.92. The van der Waals surface area contributed by atoms with Gasteiger partial charge in [-0.1, -0.05) is 18.2 Å². The number of rotatable bonds is 4. The van der Waals surface area contributed by atoms with E-state index in [-0.39, 0.29) is 11.1 Å². The van der Waals surface area contributed by atoms with Crippen LogP contribution in [0.5, 0.6) is 11.5 Å². The predicted octanol–water partition coefficient (Wildman–Crippen LogP) is 4.73. The summed E-state index contributed by atoms with van der Waals surface area (Å²) in [5, 5.41) is 19.6. The minimum absolute atomic E-state index is 0.0995. The SMILES string of the molecule is COc1cc2[nH]c3ccccc3c2cc1OC.Cc1cc(C(=O)O)ccc1C(=O)O. The molecule has 1 aromatic heterocycles. The monoisotopic (exact) mass is 407 g/mol. The topological polar surface area (TPSA) is 109 Å². The fraction of sp³-hybridized carbons (Fsp3) is 0.130. The normalized spacial score (nSPS) is 10.4. The second-order valence-corrected chi connectivity index (χ2v) is 6.56. The van der Waals surface area contributed by atoms with Gasteiger partial charge < -0.3 is 24.7 Å². The molecule has 0 atom stereocenters. The number of hydrogen-bond acceptors (Lipinski definition) is 4.